The van der Waals surface area contributed by atoms with Crippen molar-refractivity contribution in [1.82, 2.24) is 30.6 Å². The third kappa shape index (κ3) is 10.4. The fourth-order valence-electron chi connectivity index (χ4n) is 5.11. The van der Waals surface area contributed by atoms with E-state index < -0.39 is 58.2 Å². The monoisotopic (exact) mass is 688 g/mol. The van der Waals surface area contributed by atoms with E-state index in [1.54, 1.807) is 0 Å². The van der Waals surface area contributed by atoms with Crippen molar-refractivity contribution in [3.63, 3.8) is 0 Å². The molecular weight excluding hydrogens is 652 g/mol. The Hall–Kier alpha value is -4.25. The van der Waals surface area contributed by atoms with Crippen molar-refractivity contribution < 1.29 is 43.8 Å². The number of amides is 2. The third-order valence-electron chi connectivity index (χ3n) is 7.38. The zero-order chi connectivity index (χ0) is 34.8. The van der Waals surface area contributed by atoms with Crippen molar-refractivity contribution in [3.8, 4) is 0 Å². The first-order valence-electron chi connectivity index (χ1n) is 14.6. The van der Waals surface area contributed by atoms with Crippen molar-refractivity contribution in [3.05, 3.63) is 47.6 Å². The van der Waals surface area contributed by atoms with Gasteiger partial charge in [0.2, 0.25) is 11.8 Å². The number of hydrogen-bond acceptors (Lipinski definition) is 13. The topological polar surface area (TPSA) is 236 Å². The Balaban J connectivity index is 2.01. The second kappa shape index (κ2) is 17.1. The van der Waals surface area contributed by atoms with Gasteiger partial charge < -0.3 is 20.8 Å². The molecule has 1 fully saturated rings. The predicted molar refractivity (Wildman–Crippen MR) is 171 cm³/mol. The van der Waals surface area contributed by atoms with E-state index >= 15 is 0 Å². The summed E-state index contributed by atoms with van der Waals surface area (Å²) in [5.74, 6) is -6.03. The lowest BCUT2D eigenvalue weighted by atomic mass is 9.76. The summed E-state index contributed by atoms with van der Waals surface area (Å²) in [7, 11) is 0. The van der Waals surface area contributed by atoms with Gasteiger partial charge in [0.05, 0.1) is 46.7 Å². The Morgan fingerprint density at radius 2 is 1.09 bits per heavy atom. The summed E-state index contributed by atoms with van der Waals surface area (Å²) in [6, 6.07) is -2.50. The maximum absolute atomic E-state index is 14.4. The standard InChI is InChI=1S/C30H36N6O9S2/c1-14(37)20-8-33-22(10-31-20)27(46-12-24(29(42)43)35-16(3)39)18-6-5-7-19(26(18)41)28(23-11-32-21(9-34-23)15(2)38)47-13-25(30(44)45)36-17(4)40/h8-11,18-19,24-25,27-28H,5-7,12-13H2,1-4H3,(H,35,39)(H,36,40)(H,42,43)(H,44,45). The lowest BCUT2D eigenvalue weighted by molar-refractivity contribution is -0.141. The van der Waals surface area contributed by atoms with E-state index in [9.17, 15) is 43.8 Å². The van der Waals surface area contributed by atoms with Crippen molar-refractivity contribution in [2.75, 3.05) is 11.5 Å². The van der Waals surface area contributed by atoms with Crippen molar-refractivity contribution in [1.29, 1.82) is 0 Å². The number of carbonyl (C=O) groups is 7. The van der Waals surface area contributed by atoms with Crippen molar-refractivity contribution in [2.45, 2.75) is 69.5 Å². The van der Waals surface area contributed by atoms with Crippen LogP contribution in [-0.2, 0) is 24.0 Å². The SMILES string of the molecule is CC(=O)NC(CSC(c1cnc(C(C)=O)cn1)C1CCCC(C(SCC(NC(C)=O)C(=O)O)c2cnc(C(C)=O)cn2)C1=O)C(=O)O. The molecular formula is C30H36N6O9S2. The van der Waals surface area contributed by atoms with Crippen LogP contribution in [0.15, 0.2) is 24.8 Å². The van der Waals surface area contributed by atoms with Gasteiger partial charge in [-0.15, -0.1) is 23.5 Å². The van der Waals surface area contributed by atoms with Gasteiger partial charge in [0.1, 0.15) is 29.3 Å². The highest BCUT2D eigenvalue weighted by molar-refractivity contribution is 7.99. The van der Waals surface area contributed by atoms with Gasteiger partial charge >= 0.3 is 11.9 Å². The van der Waals surface area contributed by atoms with Gasteiger partial charge in [-0.3, -0.25) is 33.9 Å². The molecule has 15 nitrogen and oxygen atoms in total. The van der Waals surface area contributed by atoms with E-state index in [4.69, 9.17) is 0 Å². The van der Waals surface area contributed by atoms with E-state index in [0.29, 0.717) is 30.7 Å². The van der Waals surface area contributed by atoms with Crippen molar-refractivity contribution in [2.24, 2.45) is 11.8 Å². The van der Waals surface area contributed by atoms with Gasteiger partial charge in [-0.1, -0.05) is 6.42 Å². The summed E-state index contributed by atoms with van der Waals surface area (Å²) in [6.07, 6.45) is 6.73. The van der Waals surface area contributed by atoms with Gasteiger partial charge in [0, 0.05) is 51.0 Å². The summed E-state index contributed by atoms with van der Waals surface area (Å²) in [4.78, 5) is 102. The third-order valence-corrected chi connectivity index (χ3v) is 10.3. The first-order valence-corrected chi connectivity index (χ1v) is 16.7. The maximum Gasteiger partial charge on any atom is 0.327 e. The van der Waals surface area contributed by atoms with Crippen LogP contribution >= 0.6 is 23.5 Å². The number of carboxylic acid groups (broad SMARTS) is 2. The fourth-order valence-corrected chi connectivity index (χ4v) is 7.95. The van der Waals surface area contributed by atoms with Crippen LogP contribution in [0.25, 0.3) is 0 Å². The van der Waals surface area contributed by atoms with Crippen molar-refractivity contribution >= 4 is 64.6 Å². The van der Waals surface area contributed by atoms with Crippen LogP contribution in [0.1, 0.15) is 89.8 Å². The summed E-state index contributed by atoms with van der Waals surface area (Å²) in [5, 5.41) is 22.7. The maximum atomic E-state index is 14.4. The number of hydrogen-bond donors (Lipinski definition) is 4. The molecule has 2 aromatic rings. The summed E-state index contributed by atoms with van der Waals surface area (Å²) in [5.41, 5.74) is 0.918. The van der Waals surface area contributed by atoms with Crippen LogP contribution in [0.2, 0.25) is 0 Å². The van der Waals surface area contributed by atoms with E-state index in [2.05, 4.69) is 30.6 Å². The Morgan fingerprint density at radius 3 is 1.36 bits per heavy atom. The number of carboxylic acids is 2. The van der Waals surface area contributed by atoms with Crippen LogP contribution in [0.3, 0.4) is 0 Å². The molecule has 0 radical (unpaired) electrons. The molecule has 2 aromatic heterocycles. The highest BCUT2D eigenvalue weighted by Gasteiger charge is 2.43. The van der Waals surface area contributed by atoms with Gasteiger partial charge in [-0.05, 0) is 12.8 Å². The highest BCUT2D eigenvalue weighted by atomic mass is 32.2. The average Bonchev–Trinajstić information content (AvgIpc) is 3.01. The van der Waals surface area contributed by atoms with Gasteiger partial charge in [-0.2, -0.15) is 0 Å². The Morgan fingerprint density at radius 1 is 0.702 bits per heavy atom. The Labute approximate surface area is 278 Å². The molecule has 0 aliphatic heterocycles. The number of carbonyl (C=O) groups excluding carboxylic acids is 5. The van der Waals surface area contributed by atoms with Crippen LogP contribution in [-0.4, -0.2) is 94.8 Å². The number of rotatable bonds is 16. The van der Waals surface area contributed by atoms with E-state index in [1.165, 1.54) is 52.5 Å². The Kier molecular flexibility index (Phi) is 13.5. The van der Waals surface area contributed by atoms with E-state index in [0.717, 1.165) is 23.5 Å². The molecule has 0 saturated heterocycles. The smallest absolute Gasteiger partial charge is 0.327 e. The summed E-state index contributed by atoms with van der Waals surface area (Å²) >= 11 is 2.24. The molecule has 2 heterocycles. The molecule has 17 heteroatoms. The van der Waals surface area contributed by atoms with Crippen LogP contribution in [0, 0.1) is 11.8 Å². The molecule has 2 amide bonds. The molecule has 0 bridgehead atoms. The van der Waals surface area contributed by atoms with Gasteiger partial charge in [-0.25, -0.2) is 19.6 Å². The average molecular weight is 689 g/mol. The number of Topliss-reactive ketones (excluding diaryl/α,β-unsaturated/α-hetero) is 3. The second-order valence-electron chi connectivity index (χ2n) is 11.0. The lowest BCUT2D eigenvalue weighted by Gasteiger charge is -2.36. The number of aromatic nitrogens is 4. The highest BCUT2D eigenvalue weighted by Crippen LogP contribution is 2.48. The minimum Gasteiger partial charge on any atom is -0.480 e. The number of nitrogens with one attached hydrogen (secondary N) is 2. The predicted octanol–water partition coefficient (Wildman–Crippen LogP) is 2.08. The normalized spacial score (nSPS) is 18.7. The molecule has 0 spiro atoms. The number of ketones is 3. The van der Waals surface area contributed by atoms with E-state index in [-0.39, 0.29) is 40.2 Å². The molecule has 6 atom stereocenters. The first kappa shape index (κ1) is 37.2. The second-order valence-corrected chi connectivity index (χ2v) is 13.4. The number of thioether (sulfide) groups is 2. The minimum absolute atomic E-state index is 0.0999. The van der Waals surface area contributed by atoms with Gasteiger partial charge in [0.25, 0.3) is 0 Å². The zero-order valence-corrected chi connectivity index (χ0v) is 27.8. The van der Waals surface area contributed by atoms with Gasteiger partial charge in [0.15, 0.2) is 11.6 Å². The number of nitrogens with zero attached hydrogens (tertiary/aromatic N) is 4. The quantitative estimate of drug-likeness (QED) is 0.185. The molecule has 1 aliphatic carbocycles. The van der Waals surface area contributed by atoms with E-state index in [1.807, 2.05) is 0 Å². The zero-order valence-electron chi connectivity index (χ0n) is 26.2. The molecule has 4 N–H and O–H groups in total. The molecule has 252 valence electrons. The number of aliphatic carboxylic acids is 2. The molecule has 1 saturated carbocycles. The summed E-state index contributed by atoms with van der Waals surface area (Å²) in [6.45, 7) is 5.06. The first-order chi connectivity index (χ1) is 22.2. The molecule has 0 aromatic carbocycles. The molecule has 47 heavy (non-hydrogen) atoms. The van der Waals surface area contributed by atoms with Crippen LogP contribution < -0.4 is 10.6 Å². The van der Waals surface area contributed by atoms with Crippen LogP contribution in [0.4, 0.5) is 0 Å². The lowest BCUT2D eigenvalue weighted by Crippen LogP contribution is -2.42. The summed E-state index contributed by atoms with van der Waals surface area (Å²) < 4.78 is 0. The molecule has 6 unspecified atom stereocenters. The van der Waals surface area contributed by atoms with Crippen LogP contribution in [0.5, 0.6) is 0 Å². The molecule has 3 rings (SSSR count). The fraction of sp³-hybridized carbons (Fsp3) is 0.500. The largest absolute Gasteiger partial charge is 0.480 e. The Bertz CT molecular complexity index is 1400. The minimum atomic E-state index is -1.26. The molecule has 1 aliphatic rings.